The van der Waals surface area contributed by atoms with Crippen molar-refractivity contribution >= 4 is 11.9 Å². The number of carbonyl (C=O) groups excluding carboxylic acids is 2. The first-order chi connectivity index (χ1) is 14.1. The van der Waals surface area contributed by atoms with Gasteiger partial charge in [0.2, 0.25) is 5.91 Å². The van der Waals surface area contributed by atoms with Crippen molar-refractivity contribution in [2.24, 2.45) is 0 Å². The van der Waals surface area contributed by atoms with E-state index in [2.05, 4.69) is 0 Å². The van der Waals surface area contributed by atoms with E-state index in [1.165, 1.54) is 6.07 Å². The highest BCUT2D eigenvalue weighted by molar-refractivity contribution is 5.96. The van der Waals surface area contributed by atoms with Crippen LogP contribution in [0, 0.1) is 5.82 Å². The molecule has 2 aromatic rings. The van der Waals surface area contributed by atoms with Gasteiger partial charge in [0.05, 0.1) is 18.7 Å². The zero-order valence-corrected chi connectivity index (χ0v) is 16.9. The molecule has 3 rings (SSSR count). The summed E-state index contributed by atoms with van der Waals surface area (Å²) in [5.41, 5.74) is 2.48. The molecule has 0 radical (unpaired) electrons. The first kappa shape index (κ1) is 20.8. The van der Waals surface area contributed by atoms with E-state index in [0.717, 1.165) is 12.0 Å². The monoisotopic (exact) mass is 395 g/mol. The van der Waals surface area contributed by atoms with Crippen LogP contribution in [-0.2, 0) is 20.9 Å². The zero-order valence-electron chi connectivity index (χ0n) is 16.9. The lowest BCUT2D eigenvalue weighted by Crippen LogP contribution is -2.39. The molecule has 0 saturated heterocycles. The molecule has 0 saturated carbocycles. The minimum Gasteiger partial charge on any atom is -0.463 e. The van der Waals surface area contributed by atoms with Gasteiger partial charge in [-0.3, -0.25) is 4.79 Å². The van der Waals surface area contributed by atoms with Gasteiger partial charge in [-0.25, -0.2) is 9.18 Å². The van der Waals surface area contributed by atoms with Crippen LogP contribution in [0.1, 0.15) is 50.2 Å². The Labute approximate surface area is 171 Å². The number of esters is 1. The van der Waals surface area contributed by atoms with E-state index in [-0.39, 0.29) is 37.2 Å². The SMILES string of the molecule is CCCC1=C(C(=O)OCC)C(c2ccccc2)CC(=O)N1Cc1ccccc1F. The van der Waals surface area contributed by atoms with Crippen molar-refractivity contribution < 1.29 is 18.7 Å². The molecule has 29 heavy (non-hydrogen) atoms. The van der Waals surface area contributed by atoms with Crippen molar-refractivity contribution in [1.82, 2.24) is 4.90 Å². The molecule has 0 aromatic heterocycles. The molecule has 4 nitrogen and oxygen atoms in total. The molecule has 0 fully saturated rings. The zero-order chi connectivity index (χ0) is 20.8. The lowest BCUT2D eigenvalue weighted by atomic mass is 9.82. The van der Waals surface area contributed by atoms with Crippen LogP contribution in [0.3, 0.4) is 0 Å². The number of amides is 1. The predicted octanol–water partition coefficient (Wildman–Crippen LogP) is 4.96. The Kier molecular flexibility index (Phi) is 6.81. The maximum absolute atomic E-state index is 14.3. The van der Waals surface area contributed by atoms with Crippen LogP contribution < -0.4 is 0 Å². The van der Waals surface area contributed by atoms with Crippen molar-refractivity contribution in [1.29, 1.82) is 0 Å². The third kappa shape index (κ3) is 4.56. The van der Waals surface area contributed by atoms with Crippen LogP contribution in [0.5, 0.6) is 0 Å². The van der Waals surface area contributed by atoms with Crippen LogP contribution in [0.15, 0.2) is 65.9 Å². The number of carbonyl (C=O) groups is 2. The maximum Gasteiger partial charge on any atom is 0.336 e. The minimum absolute atomic E-state index is 0.102. The molecule has 152 valence electrons. The number of nitrogens with zero attached hydrogens (tertiary/aromatic N) is 1. The number of allylic oxidation sites excluding steroid dienone is 1. The molecule has 1 aliphatic heterocycles. The van der Waals surface area contributed by atoms with Gasteiger partial charge in [-0.05, 0) is 25.0 Å². The number of rotatable bonds is 7. The molecule has 2 aromatic carbocycles. The summed E-state index contributed by atoms with van der Waals surface area (Å²) in [6.07, 6.45) is 1.44. The lowest BCUT2D eigenvalue weighted by molar-refractivity contribution is -0.140. The molecule has 0 N–H and O–H groups in total. The first-order valence-electron chi connectivity index (χ1n) is 10.1. The second-order valence-electron chi connectivity index (χ2n) is 7.07. The van der Waals surface area contributed by atoms with E-state index in [4.69, 9.17) is 4.74 Å². The quantitative estimate of drug-likeness (QED) is 0.623. The van der Waals surface area contributed by atoms with Gasteiger partial charge in [-0.1, -0.05) is 61.9 Å². The van der Waals surface area contributed by atoms with E-state index in [1.54, 1.807) is 30.0 Å². The number of hydrogen-bond donors (Lipinski definition) is 0. The summed E-state index contributed by atoms with van der Waals surface area (Å²) >= 11 is 0. The Bertz CT molecular complexity index is 907. The van der Waals surface area contributed by atoms with Crippen molar-refractivity contribution in [3.05, 3.63) is 82.8 Å². The highest BCUT2D eigenvalue weighted by Gasteiger charge is 2.38. The normalized spacial score (nSPS) is 16.9. The van der Waals surface area contributed by atoms with Crippen LogP contribution in [-0.4, -0.2) is 23.4 Å². The number of hydrogen-bond acceptors (Lipinski definition) is 3. The number of halogens is 1. The van der Waals surface area contributed by atoms with Crippen molar-refractivity contribution in [2.75, 3.05) is 6.61 Å². The Morgan fingerprint density at radius 3 is 2.45 bits per heavy atom. The molecule has 1 aliphatic rings. The predicted molar refractivity (Wildman–Crippen MR) is 109 cm³/mol. The smallest absolute Gasteiger partial charge is 0.336 e. The Hall–Kier alpha value is -2.95. The summed E-state index contributed by atoms with van der Waals surface area (Å²) < 4.78 is 19.6. The fourth-order valence-electron chi connectivity index (χ4n) is 3.81. The molecule has 1 unspecified atom stereocenters. The Morgan fingerprint density at radius 1 is 1.10 bits per heavy atom. The van der Waals surface area contributed by atoms with Crippen molar-refractivity contribution in [3.8, 4) is 0 Å². The lowest BCUT2D eigenvalue weighted by Gasteiger charge is -2.36. The van der Waals surface area contributed by atoms with Gasteiger partial charge in [0, 0.05) is 23.6 Å². The van der Waals surface area contributed by atoms with Gasteiger partial charge in [-0.15, -0.1) is 0 Å². The minimum atomic E-state index is -0.407. The largest absolute Gasteiger partial charge is 0.463 e. The van der Waals surface area contributed by atoms with Crippen molar-refractivity contribution in [2.45, 2.75) is 45.6 Å². The third-order valence-electron chi connectivity index (χ3n) is 5.14. The van der Waals surface area contributed by atoms with Gasteiger partial charge in [-0.2, -0.15) is 0 Å². The fraction of sp³-hybridized carbons (Fsp3) is 0.333. The molecule has 0 aliphatic carbocycles. The van der Waals surface area contributed by atoms with Crippen LogP contribution >= 0.6 is 0 Å². The molecule has 1 amide bonds. The standard InChI is InChI=1S/C24H26FNO3/c1-3-10-21-23(24(28)29-4-2)19(17-11-6-5-7-12-17)15-22(27)26(21)16-18-13-8-9-14-20(18)25/h5-9,11-14,19H,3-4,10,15-16H2,1-2H3. The summed E-state index contributed by atoms with van der Waals surface area (Å²) in [4.78, 5) is 27.6. The summed E-state index contributed by atoms with van der Waals surface area (Å²) in [5.74, 6) is -1.24. The summed E-state index contributed by atoms with van der Waals surface area (Å²) in [6.45, 7) is 4.12. The second-order valence-corrected chi connectivity index (χ2v) is 7.07. The summed E-state index contributed by atoms with van der Waals surface area (Å²) in [5, 5.41) is 0. The van der Waals surface area contributed by atoms with E-state index in [0.29, 0.717) is 23.3 Å². The van der Waals surface area contributed by atoms with Crippen LogP contribution in [0.25, 0.3) is 0 Å². The highest BCUT2D eigenvalue weighted by atomic mass is 19.1. The Morgan fingerprint density at radius 2 is 1.79 bits per heavy atom. The van der Waals surface area contributed by atoms with E-state index in [1.807, 2.05) is 37.3 Å². The number of benzene rings is 2. The van der Waals surface area contributed by atoms with E-state index < -0.39 is 5.97 Å². The van der Waals surface area contributed by atoms with Gasteiger partial charge < -0.3 is 9.64 Å². The van der Waals surface area contributed by atoms with E-state index >= 15 is 0 Å². The van der Waals surface area contributed by atoms with Gasteiger partial charge in [0.1, 0.15) is 5.82 Å². The van der Waals surface area contributed by atoms with Crippen LogP contribution in [0.4, 0.5) is 4.39 Å². The third-order valence-corrected chi connectivity index (χ3v) is 5.14. The van der Waals surface area contributed by atoms with Crippen molar-refractivity contribution in [3.63, 3.8) is 0 Å². The first-order valence-corrected chi connectivity index (χ1v) is 10.1. The topological polar surface area (TPSA) is 46.6 Å². The van der Waals surface area contributed by atoms with Crippen LogP contribution in [0.2, 0.25) is 0 Å². The maximum atomic E-state index is 14.3. The number of ether oxygens (including phenoxy) is 1. The molecular weight excluding hydrogens is 369 g/mol. The summed E-state index contributed by atoms with van der Waals surface area (Å²) in [7, 11) is 0. The summed E-state index contributed by atoms with van der Waals surface area (Å²) in [6, 6.07) is 16.0. The van der Waals surface area contributed by atoms with E-state index in [9.17, 15) is 14.0 Å². The molecule has 0 bridgehead atoms. The average Bonchev–Trinajstić information content (AvgIpc) is 2.72. The van der Waals surface area contributed by atoms with Gasteiger partial charge in [0.15, 0.2) is 0 Å². The molecular formula is C24H26FNO3. The molecule has 0 spiro atoms. The highest BCUT2D eigenvalue weighted by Crippen LogP contribution is 2.39. The molecule has 1 heterocycles. The average molecular weight is 395 g/mol. The second kappa shape index (κ2) is 9.50. The Balaban J connectivity index is 2.11. The molecule has 1 atom stereocenters. The van der Waals surface area contributed by atoms with Gasteiger partial charge >= 0.3 is 5.97 Å². The molecule has 5 heteroatoms. The fourth-order valence-corrected chi connectivity index (χ4v) is 3.81. The van der Waals surface area contributed by atoms with Gasteiger partial charge in [0.25, 0.3) is 0 Å².